The predicted octanol–water partition coefficient (Wildman–Crippen LogP) is 1.61. The van der Waals surface area contributed by atoms with Crippen LogP contribution in [-0.4, -0.2) is 20.5 Å². The van der Waals surface area contributed by atoms with Crippen molar-refractivity contribution in [3.63, 3.8) is 0 Å². The zero-order chi connectivity index (χ0) is 10.8. The van der Waals surface area contributed by atoms with Crippen LogP contribution >= 0.6 is 0 Å². The van der Waals surface area contributed by atoms with Crippen LogP contribution in [0.2, 0.25) is 0 Å². The summed E-state index contributed by atoms with van der Waals surface area (Å²) < 4.78 is 14.0. The fourth-order valence-electron chi connectivity index (χ4n) is 1.16. The third-order valence-electron chi connectivity index (χ3n) is 1.94. The Morgan fingerprint density at radius 3 is 2.67 bits per heavy atom. The van der Waals surface area contributed by atoms with Crippen LogP contribution in [0, 0.1) is 5.82 Å². The Bertz CT molecular complexity index is 490. The van der Waals surface area contributed by atoms with E-state index in [2.05, 4.69) is 10.1 Å². The molecule has 0 amide bonds. The molecule has 0 fully saturated rings. The Hall–Kier alpha value is -2.04. The number of nitrogens with zero attached hydrogens (tertiary/aromatic N) is 3. The molecule has 0 spiro atoms. The first-order valence-electron chi connectivity index (χ1n) is 4.34. The summed E-state index contributed by atoms with van der Waals surface area (Å²) in [5, 5.41) is 3.75. The van der Waals surface area contributed by atoms with Gasteiger partial charge in [-0.15, -0.1) is 0 Å². The fraction of sp³-hybridized carbons (Fsp3) is 0.100. The molecule has 2 aromatic rings. The van der Waals surface area contributed by atoms with Gasteiger partial charge in [0.05, 0.1) is 12.4 Å². The number of carbonyl (C=O) groups is 1. The molecule has 5 heteroatoms. The number of aromatic nitrogens is 3. The number of pyridine rings is 1. The lowest BCUT2D eigenvalue weighted by atomic mass is 10.2. The second-order valence-corrected chi connectivity index (χ2v) is 3.06. The summed E-state index contributed by atoms with van der Waals surface area (Å²) in [6.07, 6.45) is 3.76. The van der Waals surface area contributed by atoms with E-state index in [1.165, 1.54) is 24.0 Å². The second kappa shape index (κ2) is 3.61. The molecule has 0 aliphatic carbocycles. The van der Waals surface area contributed by atoms with Gasteiger partial charge in [-0.3, -0.25) is 4.79 Å². The van der Waals surface area contributed by atoms with Crippen LogP contribution in [0.25, 0.3) is 5.82 Å². The van der Waals surface area contributed by atoms with Gasteiger partial charge >= 0.3 is 0 Å². The summed E-state index contributed by atoms with van der Waals surface area (Å²) in [6, 6.07) is 3.24. The van der Waals surface area contributed by atoms with Crippen LogP contribution in [0.3, 0.4) is 0 Å². The first kappa shape index (κ1) is 9.51. The van der Waals surface area contributed by atoms with Crippen LogP contribution in [0.4, 0.5) is 4.39 Å². The third kappa shape index (κ3) is 1.90. The number of hydrogen-bond acceptors (Lipinski definition) is 3. The van der Waals surface area contributed by atoms with Crippen LogP contribution < -0.4 is 0 Å². The van der Waals surface area contributed by atoms with Crippen molar-refractivity contribution in [3.05, 3.63) is 42.1 Å². The van der Waals surface area contributed by atoms with Gasteiger partial charge in [0.15, 0.2) is 17.4 Å². The number of halogens is 1. The first-order valence-corrected chi connectivity index (χ1v) is 4.34. The Kier molecular flexibility index (Phi) is 2.29. The molecular weight excluding hydrogens is 197 g/mol. The van der Waals surface area contributed by atoms with Gasteiger partial charge in [0, 0.05) is 11.8 Å². The average Bonchev–Trinajstić information content (AvgIpc) is 2.65. The number of Topliss-reactive ketones (excluding diaryl/α,β-unsaturated/α-hetero) is 1. The summed E-state index contributed by atoms with van der Waals surface area (Å²) in [5.41, 5.74) is 0.520. The molecule has 0 aliphatic heterocycles. The van der Waals surface area contributed by atoms with Gasteiger partial charge in [0.25, 0.3) is 0 Å². The van der Waals surface area contributed by atoms with Crippen molar-refractivity contribution in [3.8, 4) is 5.82 Å². The van der Waals surface area contributed by atoms with Gasteiger partial charge in [-0.2, -0.15) is 5.10 Å². The van der Waals surface area contributed by atoms with Gasteiger partial charge in [0.2, 0.25) is 0 Å². The van der Waals surface area contributed by atoms with Crippen molar-refractivity contribution < 1.29 is 9.18 Å². The smallest absolute Gasteiger partial charge is 0.161 e. The molecule has 0 radical (unpaired) electrons. The topological polar surface area (TPSA) is 47.8 Å². The molecule has 0 unspecified atom stereocenters. The number of ketones is 1. The molecule has 2 rings (SSSR count). The molecule has 0 N–H and O–H groups in total. The Morgan fingerprint density at radius 1 is 1.40 bits per heavy atom. The van der Waals surface area contributed by atoms with Crippen LogP contribution in [-0.2, 0) is 0 Å². The highest BCUT2D eigenvalue weighted by molar-refractivity contribution is 5.93. The highest BCUT2D eigenvalue weighted by atomic mass is 19.1. The van der Waals surface area contributed by atoms with Gasteiger partial charge < -0.3 is 0 Å². The van der Waals surface area contributed by atoms with Crippen LogP contribution in [0.1, 0.15) is 17.3 Å². The van der Waals surface area contributed by atoms with Crippen molar-refractivity contribution in [2.24, 2.45) is 0 Å². The highest BCUT2D eigenvalue weighted by Gasteiger charge is 2.03. The summed E-state index contributed by atoms with van der Waals surface area (Å²) in [4.78, 5) is 15.0. The van der Waals surface area contributed by atoms with E-state index in [4.69, 9.17) is 0 Å². The highest BCUT2D eigenvalue weighted by Crippen LogP contribution is 2.06. The molecule has 15 heavy (non-hydrogen) atoms. The molecule has 76 valence electrons. The summed E-state index contributed by atoms with van der Waals surface area (Å²) in [5.74, 6) is -0.00274. The lowest BCUT2D eigenvalue weighted by Gasteiger charge is -2.00. The monoisotopic (exact) mass is 205 g/mol. The number of rotatable bonds is 2. The Balaban J connectivity index is 2.35. The molecule has 0 atom stereocenters. The molecule has 2 aromatic heterocycles. The zero-order valence-electron chi connectivity index (χ0n) is 8.01. The molecule has 0 aromatic carbocycles. The summed E-state index contributed by atoms with van der Waals surface area (Å²) in [7, 11) is 0. The SMILES string of the molecule is CC(=O)c1ccc(-n2cc(F)cn2)nc1. The maximum absolute atomic E-state index is 12.7. The van der Waals surface area contributed by atoms with E-state index in [0.717, 1.165) is 6.20 Å². The zero-order valence-corrected chi connectivity index (χ0v) is 8.01. The van der Waals surface area contributed by atoms with Gasteiger partial charge in [-0.1, -0.05) is 0 Å². The third-order valence-corrected chi connectivity index (χ3v) is 1.94. The molecule has 0 saturated heterocycles. The minimum atomic E-state index is -0.424. The minimum Gasteiger partial charge on any atom is -0.294 e. The normalized spacial score (nSPS) is 10.3. The van der Waals surface area contributed by atoms with Crippen molar-refractivity contribution in [1.29, 1.82) is 0 Å². The molecule has 4 nitrogen and oxygen atoms in total. The molecular formula is C10H8FN3O. The van der Waals surface area contributed by atoms with E-state index in [9.17, 15) is 9.18 Å². The molecule has 0 aliphatic rings. The fourth-order valence-corrected chi connectivity index (χ4v) is 1.16. The molecule has 0 saturated carbocycles. The lowest BCUT2D eigenvalue weighted by Crippen LogP contribution is -2.00. The number of carbonyl (C=O) groups excluding carboxylic acids is 1. The van der Waals surface area contributed by atoms with Crippen molar-refractivity contribution in [2.45, 2.75) is 6.92 Å². The van der Waals surface area contributed by atoms with E-state index >= 15 is 0 Å². The maximum atomic E-state index is 12.7. The van der Waals surface area contributed by atoms with Crippen molar-refractivity contribution in [2.75, 3.05) is 0 Å². The average molecular weight is 205 g/mol. The Labute approximate surface area is 85.4 Å². The van der Waals surface area contributed by atoms with Gasteiger partial charge in [-0.05, 0) is 19.1 Å². The quantitative estimate of drug-likeness (QED) is 0.700. The van der Waals surface area contributed by atoms with Crippen LogP contribution in [0.15, 0.2) is 30.7 Å². The van der Waals surface area contributed by atoms with E-state index in [1.807, 2.05) is 0 Å². The largest absolute Gasteiger partial charge is 0.294 e. The lowest BCUT2D eigenvalue weighted by molar-refractivity contribution is 0.101. The van der Waals surface area contributed by atoms with E-state index in [0.29, 0.717) is 11.4 Å². The van der Waals surface area contributed by atoms with Crippen molar-refractivity contribution >= 4 is 5.78 Å². The Morgan fingerprint density at radius 2 is 2.20 bits per heavy atom. The predicted molar refractivity (Wildman–Crippen MR) is 51.3 cm³/mol. The van der Waals surface area contributed by atoms with E-state index < -0.39 is 5.82 Å². The summed E-state index contributed by atoms with van der Waals surface area (Å²) >= 11 is 0. The standard InChI is InChI=1S/C10H8FN3O/c1-7(15)8-2-3-10(12-4-8)14-6-9(11)5-13-14/h2-6H,1H3. The second-order valence-electron chi connectivity index (χ2n) is 3.06. The molecule has 2 heterocycles. The minimum absolute atomic E-state index is 0.0549. The van der Waals surface area contributed by atoms with E-state index in [1.54, 1.807) is 12.1 Å². The van der Waals surface area contributed by atoms with Crippen molar-refractivity contribution in [1.82, 2.24) is 14.8 Å². The van der Waals surface area contributed by atoms with Gasteiger partial charge in [-0.25, -0.2) is 14.1 Å². The van der Waals surface area contributed by atoms with E-state index in [-0.39, 0.29) is 5.78 Å². The molecule has 0 bridgehead atoms. The summed E-state index contributed by atoms with van der Waals surface area (Å²) in [6.45, 7) is 1.46. The number of hydrogen-bond donors (Lipinski definition) is 0. The van der Waals surface area contributed by atoms with Gasteiger partial charge in [0.1, 0.15) is 0 Å². The first-order chi connectivity index (χ1) is 7.16. The maximum Gasteiger partial charge on any atom is 0.161 e. The van der Waals surface area contributed by atoms with Crippen LogP contribution in [0.5, 0.6) is 0 Å².